The van der Waals surface area contributed by atoms with Crippen LogP contribution in [0.4, 0.5) is 0 Å². The Morgan fingerprint density at radius 2 is 1.45 bits per heavy atom. The van der Waals surface area contributed by atoms with Crippen LogP contribution in [0.3, 0.4) is 0 Å². The fourth-order valence-electron chi connectivity index (χ4n) is 5.15. The highest BCUT2D eigenvalue weighted by atomic mass is 15.2. The van der Waals surface area contributed by atoms with Crippen molar-refractivity contribution in [1.29, 1.82) is 0 Å². The molecule has 108 valence electrons. The Labute approximate surface area is 123 Å². The summed E-state index contributed by atoms with van der Waals surface area (Å²) in [7, 11) is 0. The van der Waals surface area contributed by atoms with E-state index in [-0.39, 0.29) is 0 Å². The van der Waals surface area contributed by atoms with Gasteiger partial charge in [-0.2, -0.15) is 0 Å². The van der Waals surface area contributed by atoms with Crippen molar-refractivity contribution < 1.29 is 0 Å². The van der Waals surface area contributed by atoms with E-state index in [0.29, 0.717) is 0 Å². The third kappa shape index (κ3) is 2.41. The van der Waals surface area contributed by atoms with Crippen LogP contribution in [-0.4, -0.2) is 24.0 Å². The largest absolute Gasteiger partial charge is 0.300 e. The number of likely N-dealkylation sites (tertiary alicyclic amines) is 1. The van der Waals surface area contributed by atoms with Gasteiger partial charge in [-0.25, -0.2) is 0 Å². The molecule has 1 aromatic carbocycles. The average Bonchev–Trinajstić information content (AvgIpc) is 3.10. The van der Waals surface area contributed by atoms with Gasteiger partial charge >= 0.3 is 0 Å². The van der Waals surface area contributed by atoms with E-state index < -0.39 is 0 Å². The molecule has 1 nitrogen and oxygen atoms in total. The Bertz CT molecular complexity index is 420. The van der Waals surface area contributed by atoms with Gasteiger partial charge in [0.2, 0.25) is 0 Å². The van der Waals surface area contributed by atoms with Crippen LogP contribution in [0.5, 0.6) is 0 Å². The first kappa shape index (κ1) is 12.9. The number of rotatable bonds is 2. The van der Waals surface area contributed by atoms with Crippen LogP contribution in [0.15, 0.2) is 30.3 Å². The molecule has 0 spiro atoms. The van der Waals surface area contributed by atoms with Crippen LogP contribution in [0.2, 0.25) is 0 Å². The minimum absolute atomic E-state index is 0.813. The molecule has 0 bridgehead atoms. The average molecular weight is 269 g/mol. The van der Waals surface area contributed by atoms with E-state index in [1.54, 1.807) is 5.56 Å². The highest BCUT2D eigenvalue weighted by Gasteiger charge is 2.40. The first-order valence-electron chi connectivity index (χ1n) is 8.69. The van der Waals surface area contributed by atoms with E-state index in [2.05, 4.69) is 35.2 Å². The molecule has 2 aliphatic carbocycles. The number of piperidine rings is 1. The quantitative estimate of drug-likeness (QED) is 0.767. The third-order valence-electron chi connectivity index (χ3n) is 6.28. The van der Waals surface area contributed by atoms with E-state index in [1.807, 2.05) is 0 Å². The number of fused-ring (bicyclic) bond motifs is 1. The molecule has 1 aromatic rings. The zero-order chi connectivity index (χ0) is 13.4. The van der Waals surface area contributed by atoms with Gasteiger partial charge in [0.05, 0.1) is 0 Å². The summed E-state index contributed by atoms with van der Waals surface area (Å²) in [5.41, 5.74) is 1.57. The summed E-state index contributed by atoms with van der Waals surface area (Å²) >= 11 is 0. The second-order valence-electron chi connectivity index (χ2n) is 7.30. The zero-order valence-corrected chi connectivity index (χ0v) is 12.5. The molecule has 0 radical (unpaired) electrons. The summed E-state index contributed by atoms with van der Waals surface area (Å²) in [6.45, 7) is 2.67. The van der Waals surface area contributed by atoms with Crippen molar-refractivity contribution in [3.05, 3.63) is 35.9 Å². The predicted molar refractivity (Wildman–Crippen MR) is 83.8 cm³/mol. The molecular weight excluding hydrogens is 242 g/mol. The van der Waals surface area contributed by atoms with E-state index in [0.717, 1.165) is 23.8 Å². The van der Waals surface area contributed by atoms with Gasteiger partial charge < -0.3 is 4.90 Å². The molecule has 3 fully saturated rings. The Morgan fingerprint density at radius 3 is 2.10 bits per heavy atom. The zero-order valence-electron chi connectivity index (χ0n) is 12.5. The van der Waals surface area contributed by atoms with Crippen LogP contribution < -0.4 is 0 Å². The van der Waals surface area contributed by atoms with Crippen molar-refractivity contribution in [3.63, 3.8) is 0 Å². The molecule has 1 aliphatic heterocycles. The molecular formula is C19H27N. The lowest BCUT2D eigenvalue weighted by atomic mass is 9.88. The van der Waals surface area contributed by atoms with Gasteiger partial charge in [0.15, 0.2) is 0 Å². The summed E-state index contributed by atoms with van der Waals surface area (Å²) < 4.78 is 0. The summed E-state index contributed by atoms with van der Waals surface area (Å²) in [5.74, 6) is 2.99. The standard InChI is InChI=1S/C19H27N/c1-2-5-15(6-3-1)16-9-11-20(12-10-16)19-13-17-7-4-8-18(17)14-19/h1-3,5-6,16-19H,4,7-14H2/t17-,18?,19?/m1/s1. The summed E-state index contributed by atoms with van der Waals surface area (Å²) in [6.07, 6.45) is 10.3. The minimum atomic E-state index is 0.813. The van der Waals surface area contributed by atoms with Gasteiger partial charge in [0.1, 0.15) is 0 Å². The van der Waals surface area contributed by atoms with Gasteiger partial charge in [-0.1, -0.05) is 49.6 Å². The summed E-state index contributed by atoms with van der Waals surface area (Å²) in [5, 5.41) is 0. The van der Waals surface area contributed by atoms with Crippen LogP contribution in [-0.2, 0) is 0 Å². The fraction of sp³-hybridized carbons (Fsp3) is 0.684. The van der Waals surface area contributed by atoms with E-state index >= 15 is 0 Å². The monoisotopic (exact) mass is 269 g/mol. The molecule has 1 saturated heterocycles. The lowest BCUT2D eigenvalue weighted by Crippen LogP contribution is -2.40. The first-order valence-corrected chi connectivity index (χ1v) is 8.69. The van der Waals surface area contributed by atoms with Gasteiger partial charge in [0.25, 0.3) is 0 Å². The molecule has 4 rings (SSSR count). The maximum absolute atomic E-state index is 2.83. The van der Waals surface area contributed by atoms with E-state index in [9.17, 15) is 0 Å². The maximum Gasteiger partial charge on any atom is 0.0101 e. The second-order valence-corrected chi connectivity index (χ2v) is 7.30. The molecule has 0 amide bonds. The predicted octanol–water partition coefficient (Wildman–Crippen LogP) is 4.44. The van der Waals surface area contributed by atoms with E-state index in [4.69, 9.17) is 0 Å². The normalized spacial score (nSPS) is 35.3. The molecule has 1 heterocycles. The van der Waals surface area contributed by atoms with Crippen molar-refractivity contribution in [1.82, 2.24) is 4.90 Å². The Balaban J connectivity index is 1.34. The van der Waals surface area contributed by atoms with Crippen molar-refractivity contribution in [2.75, 3.05) is 13.1 Å². The molecule has 2 saturated carbocycles. The van der Waals surface area contributed by atoms with Crippen LogP contribution in [0.25, 0.3) is 0 Å². The van der Waals surface area contributed by atoms with E-state index in [1.165, 1.54) is 58.0 Å². The molecule has 0 aromatic heterocycles. The topological polar surface area (TPSA) is 3.24 Å². The van der Waals surface area contributed by atoms with Crippen LogP contribution in [0.1, 0.15) is 56.4 Å². The molecule has 1 heteroatoms. The molecule has 3 aliphatic rings. The molecule has 2 unspecified atom stereocenters. The maximum atomic E-state index is 2.83. The van der Waals surface area contributed by atoms with Crippen molar-refractivity contribution >= 4 is 0 Å². The summed E-state index contributed by atoms with van der Waals surface area (Å²) in [4.78, 5) is 2.83. The van der Waals surface area contributed by atoms with Crippen molar-refractivity contribution in [2.45, 2.75) is 56.9 Å². The van der Waals surface area contributed by atoms with Crippen LogP contribution >= 0.6 is 0 Å². The smallest absolute Gasteiger partial charge is 0.0101 e. The highest BCUT2D eigenvalue weighted by Crippen LogP contribution is 2.46. The first-order chi connectivity index (χ1) is 9.90. The molecule has 0 N–H and O–H groups in total. The van der Waals surface area contributed by atoms with Crippen LogP contribution in [0, 0.1) is 11.8 Å². The Hall–Kier alpha value is -0.820. The Morgan fingerprint density at radius 1 is 0.800 bits per heavy atom. The van der Waals surface area contributed by atoms with Gasteiger partial charge in [-0.15, -0.1) is 0 Å². The molecule has 3 atom stereocenters. The van der Waals surface area contributed by atoms with Crippen molar-refractivity contribution in [2.24, 2.45) is 11.8 Å². The number of benzene rings is 1. The van der Waals surface area contributed by atoms with Gasteiger partial charge in [-0.05, 0) is 62.1 Å². The number of hydrogen-bond acceptors (Lipinski definition) is 1. The number of hydrogen-bond donors (Lipinski definition) is 0. The second kappa shape index (κ2) is 5.52. The fourth-order valence-corrected chi connectivity index (χ4v) is 5.15. The van der Waals surface area contributed by atoms with Gasteiger partial charge in [0, 0.05) is 6.04 Å². The highest BCUT2D eigenvalue weighted by molar-refractivity contribution is 5.20. The molecule has 20 heavy (non-hydrogen) atoms. The lowest BCUT2D eigenvalue weighted by Gasteiger charge is -2.36. The van der Waals surface area contributed by atoms with Gasteiger partial charge in [-0.3, -0.25) is 0 Å². The Kier molecular flexibility index (Phi) is 3.56. The number of nitrogens with zero attached hydrogens (tertiary/aromatic N) is 1. The lowest BCUT2D eigenvalue weighted by molar-refractivity contribution is 0.148. The summed E-state index contributed by atoms with van der Waals surface area (Å²) in [6, 6.07) is 12.1. The SMILES string of the molecule is c1ccc(C2CCN(C3CC4CCC[C@@H]4C3)CC2)cc1. The minimum Gasteiger partial charge on any atom is -0.300 e. The third-order valence-corrected chi connectivity index (χ3v) is 6.28. The van der Waals surface area contributed by atoms with Crippen molar-refractivity contribution in [3.8, 4) is 0 Å².